The molecule has 5 heteroatoms. The van der Waals surface area contributed by atoms with E-state index in [-0.39, 0.29) is 17.0 Å². The quantitative estimate of drug-likeness (QED) is 0.622. The van der Waals surface area contributed by atoms with E-state index in [0.29, 0.717) is 5.75 Å². The molecule has 1 N–H and O–H groups in total. The topological polar surface area (TPSA) is 32.7 Å². The molecule has 1 aliphatic heterocycles. The highest BCUT2D eigenvalue weighted by Gasteiger charge is 2.35. The molecule has 2 aromatic carbocycles. The smallest absolute Gasteiger partial charge is 0.162 e. The fraction of sp³-hybridized carbons (Fsp3) is 0.455. The van der Waals surface area contributed by atoms with Gasteiger partial charge in [0.05, 0.1) is 12.8 Å². The molecular weight excluding hydrogens is 361 g/mol. The van der Waals surface area contributed by atoms with Gasteiger partial charge in [-0.1, -0.05) is 26.7 Å². The lowest BCUT2D eigenvalue weighted by molar-refractivity contribution is 0.295. The van der Waals surface area contributed by atoms with Gasteiger partial charge in [-0.2, -0.15) is 0 Å². The molecule has 27 heavy (non-hydrogen) atoms. The van der Waals surface area contributed by atoms with E-state index in [4.69, 9.17) is 4.74 Å². The van der Waals surface area contributed by atoms with Gasteiger partial charge in [-0.3, -0.25) is 0 Å². The number of rotatable bonds is 6. The zero-order valence-electron chi connectivity index (χ0n) is 16.3. The van der Waals surface area contributed by atoms with Gasteiger partial charge in [0.2, 0.25) is 0 Å². The second kappa shape index (κ2) is 8.42. The Bertz CT molecular complexity index is 781. The van der Waals surface area contributed by atoms with Crippen LogP contribution in [0, 0.1) is 11.2 Å². The van der Waals surface area contributed by atoms with Gasteiger partial charge in [-0.25, -0.2) is 4.39 Å². The van der Waals surface area contributed by atoms with Crippen LogP contribution in [-0.2, 0) is 0 Å². The lowest BCUT2D eigenvalue weighted by Crippen LogP contribution is -2.36. The number of hydrogen-bond donors (Lipinski definition) is 1. The minimum absolute atomic E-state index is 0.153. The van der Waals surface area contributed by atoms with Crippen LogP contribution in [0.25, 0.3) is 0 Å². The van der Waals surface area contributed by atoms with Crippen molar-refractivity contribution < 1.29 is 14.2 Å². The number of halogens is 1. The summed E-state index contributed by atoms with van der Waals surface area (Å²) in [4.78, 5) is 3.29. The van der Waals surface area contributed by atoms with Crippen molar-refractivity contribution in [3.05, 3.63) is 42.2 Å². The minimum atomic E-state index is -0.237. The van der Waals surface area contributed by atoms with Crippen molar-refractivity contribution in [2.75, 3.05) is 24.3 Å². The first-order valence-corrected chi connectivity index (χ1v) is 10.6. The molecule has 1 aliphatic rings. The number of ether oxygens (including phenoxy) is 1. The normalized spacial score (nSPS) is 19.5. The number of unbranched alkanes of at least 4 members (excludes halogenated alkanes) is 1. The van der Waals surface area contributed by atoms with Gasteiger partial charge in [0.25, 0.3) is 0 Å². The number of benzene rings is 2. The van der Waals surface area contributed by atoms with Crippen molar-refractivity contribution in [1.29, 1.82) is 0 Å². The molecule has 1 heterocycles. The first-order chi connectivity index (χ1) is 13.0. The number of phenols is 1. The number of fused-ring (bicyclic) bond motifs is 1. The van der Waals surface area contributed by atoms with Gasteiger partial charge < -0.3 is 14.7 Å². The predicted octanol–water partition coefficient (Wildman–Crippen LogP) is 6.37. The van der Waals surface area contributed by atoms with E-state index >= 15 is 0 Å². The lowest BCUT2D eigenvalue weighted by Gasteiger charge is -2.36. The van der Waals surface area contributed by atoms with Gasteiger partial charge in [-0.15, -0.1) is 11.8 Å². The standard InChI is InChI=1S/C22H28FNO2S/c1-4-6-11-22(5-2)14-24(17-9-7-16(23)8-10-17)18-12-20(26-3)19(25)13-21(18)27-15-22/h7-10,12-13,25H,4-6,11,14-15H2,1-3H3. The van der Waals surface area contributed by atoms with E-state index in [1.165, 1.54) is 25.0 Å². The molecule has 0 radical (unpaired) electrons. The summed E-state index contributed by atoms with van der Waals surface area (Å²) in [5.41, 5.74) is 2.13. The van der Waals surface area contributed by atoms with E-state index in [1.807, 2.05) is 18.2 Å². The molecule has 3 rings (SSSR count). The molecule has 0 aliphatic carbocycles. The molecule has 0 bridgehead atoms. The van der Waals surface area contributed by atoms with Crippen molar-refractivity contribution in [2.24, 2.45) is 5.41 Å². The second-order valence-electron chi connectivity index (χ2n) is 7.30. The van der Waals surface area contributed by atoms with E-state index in [2.05, 4.69) is 18.7 Å². The lowest BCUT2D eigenvalue weighted by atomic mass is 9.81. The Morgan fingerprint density at radius 1 is 1.22 bits per heavy atom. The number of phenolic OH excluding ortho intramolecular Hbond substituents is 1. The molecule has 0 aromatic heterocycles. The molecule has 3 nitrogen and oxygen atoms in total. The van der Waals surface area contributed by atoms with Crippen LogP contribution in [0.4, 0.5) is 15.8 Å². The zero-order valence-corrected chi connectivity index (χ0v) is 17.1. The Balaban J connectivity index is 2.10. The van der Waals surface area contributed by atoms with Crippen molar-refractivity contribution in [3.63, 3.8) is 0 Å². The average molecular weight is 390 g/mol. The molecule has 0 saturated heterocycles. The molecule has 0 spiro atoms. The third-order valence-electron chi connectivity index (χ3n) is 5.53. The molecule has 1 atom stereocenters. The van der Waals surface area contributed by atoms with Crippen LogP contribution >= 0.6 is 11.8 Å². The largest absolute Gasteiger partial charge is 0.504 e. The third-order valence-corrected chi connectivity index (χ3v) is 6.92. The van der Waals surface area contributed by atoms with Gasteiger partial charge in [-0.05, 0) is 48.6 Å². The highest BCUT2D eigenvalue weighted by molar-refractivity contribution is 7.99. The van der Waals surface area contributed by atoms with Crippen LogP contribution in [0.15, 0.2) is 41.3 Å². The van der Waals surface area contributed by atoms with E-state index in [0.717, 1.165) is 41.4 Å². The number of hydrogen-bond acceptors (Lipinski definition) is 4. The Hall–Kier alpha value is -1.88. The number of anilines is 2. The number of thioether (sulfide) groups is 1. The monoisotopic (exact) mass is 389 g/mol. The second-order valence-corrected chi connectivity index (χ2v) is 8.32. The fourth-order valence-corrected chi connectivity index (χ4v) is 5.08. The van der Waals surface area contributed by atoms with Gasteiger partial charge in [0.15, 0.2) is 11.5 Å². The number of methoxy groups -OCH3 is 1. The van der Waals surface area contributed by atoms with Crippen LogP contribution in [0.2, 0.25) is 0 Å². The molecule has 0 amide bonds. The van der Waals surface area contributed by atoms with Gasteiger partial charge in [0.1, 0.15) is 5.82 Å². The number of aromatic hydroxyl groups is 1. The number of nitrogens with zero attached hydrogens (tertiary/aromatic N) is 1. The van der Waals surface area contributed by atoms with Crippen molar-refractivity contribution in [2.45, 2.75) is 44.4 Å². The maximum absolute atomic E-state index is 13.5. The van der Waals surface area contributed by atoms with Crippen LogP contribution in [0.1, 0.15) is 39.5 Å². The molecule has 2 aromatic rings. The summed E-state index contributed by atoms with van der Waals surface area (Å²) in [7, 11) is 1.56. The molecule has 146 valence electrons. The van der Waals surface area contributed by atoms with Crippen LogP contribution < -0.4 is 9.64 Å². The fourth-order valence-electron chi connectivity index (χ4n) is 3.67. The third kappa shape index (κ3) is 4.18. The summed E-state index contributed by atoms with van der Waals surface area (Å²) in [6.45, 7) is 5.35. The molecular formula is C22H28FNO2S. The SMILES string of the molecule is CCCCC1(CC)CSc2cc(O)c(OC)cc2N(c2ccc(F)cc2)C1. The van der Waals surface area contributed by atoms with Crippen molar-refractivity contribution in [3.8, 4) is 11.5 Å². The summed E-state index contributed by atoms with van der Waals surface area (Å²) >= 11 is 1.80. The Labute approximate surface area is 165 Å². The van der Waals surface area contributed by atoms with E-state index in [9.17, 15) is 9.50 Å². The first-order valence-electron chi connectivity index (χ1n) is 9.59. The summed E-state index contributed by atoms with van der Waals surface area (Å²) in [6.07, 6.45) is 4.59. The Kier molecular flexibility index (Phi) is 6.20. The molecule has 0 fully saturated rings. The summed E-state index contributed by atoms with van der Waals surface area (Å²) < 4.78 is 18.9. The van der Waals surface area contributed by atoms with E-state index in [1.54, 1.807) is 24.9 Å². The zero-order chi connectivity index (χ0) is 19.4. The van der Waals surface area contributed by atoms with Crippen molar-refractivity contribution >= 4 is 23.1 Å². The summed E-state index contributed by atoms with van der Waals surface area (Å²) in [6, 6.07) is 10.4. The maximum Gasteiger partial charge on any atom is 0.162 e. The highest BCUT2D eigenvalue weighted by atomic mass is 32.2. The Morgan fingerprint density at radius 3 is 2.59 bits per heavy atom. The summed E-state index contributed by atoms with van der Waals surface area (Å²) in [5.74, 6) is 1.37. The van der Waals surface area contributed by atoms with Gasteiger partial charge in [0, 0.05) is 28.9 Å². The van der Waals surface area contributed by atoms with Gasteiger partial charge >= 0.3 is 0 Å². The Morgan fingerprint density at radius 2 is 1.96 bits per heavy atom. The van der Waals surface area contributed by atoms with E-state index < -0.39 is 0 Å². The van der Waals surface area contributed by atoms with Crippen LogP contribution in [-0.4, -0.2) is 24.5 Å². The molecule has 0 saturated carbocycles. The van der Waals surface area contributed by atoms with Crippen molar-refractivity contribution in [1.82, 2.24) is 0 Å². The summed E-state index contributed by atoms with van der Waals surface area (Å²) in [5, 5.41) is 10.3. The first kappa shape index (κ1) is 19.9. The van der Waals surface area contributed by atoms with Crippen LogP contribution in [0.3, 0.4) is 0 Å². The molecule has 1 unspecified atom stereocenters. The maximum atomic E-state index is 13.5. The average Bonchev–Trinajstić information content (AvgIpc) is 2.84. The minimum Gasteiger partial charge on any atom is -0.504 e. The highest BCUT2D eigenvalue weighted by Crippen LogP contribution is 2.49. The predicted molar refractivity (Wildman–Crippen MR) is 111 cm³/mol. The van der Waals surface area contributed by atoms with Crippen LogP contribution in [0.5, 0.6) is 11.5 Å².